The van der Waals surface area contributed by atoms with E-state index in [1.807, 2.05) is 35.2 Å². The molecule has 0 radical (unpaired) electrons. The maximum Gasteiger partial charge on any atom is 0.246 e. The molecule has 2 aromatic rings. The number of rotatable bonds is 4. The third-order valence-corrected chi connectivity index (χ3v) is 3.47. The molecule has 1 N–H and O–H groups in total. The molecule has 1 aliphatic rings. The van der Waals surface area contributed by atoms with E-state index in [2.05, 4.69) is 15.5 Å². The number of aryl methyl sites for hydroxylation is 1. The van der Waals surface area contributed by atoms with Crippen molar-refractivity contribution >= 4 is 11.6 Å². The molecule has 1 amide bonds. The number of amides is 1. The second-order valence-corrected chi connectivity index (χ2v) is 5.16. The zero-order valence-electron chi connectivity index (χ0n) is 12.4. The van der Waals surface area contributed by atoms with Crippen LogP contribution >= 0.6 is 0 Å². The van der Waals surface area contributed by atoms with Crippen LogP contribution in [-0.4, -0.2) is 47.3 Å². The van der Waals surface area contributed by atoms with Gasteiger partial charge in [0.2, 0.25) is 11.8 Å². The minimum absolute atomic E-state index is 0.0747. The van der Waals surface area contributed by atoms with Gasteiger partial charge in [-0.15, -0.1) is 0 Å². The van der Waals surface area contributed by atoms with Crippen molar-refractivity contribution in [3.8, 4) is 0 Å². The number of ether oxygens (including phenoxy) is 1. The van der Waals surface area contributed by atoms with Crippen molar-refractivity contribution in [2.75, 3.05) is 31.6 Å². The van der Waals surface area contributed by atoms with E-state index >= 15 is 0 Å². The smallest absolute Gasteiger partial charge is 0.246 e. The SMILES string of the molecule is Cc1noc([C@H]2COCCN2CC(=O)Nc2ccccc2)n1. The number of aromatic nitrogens is 2. The molecule has 116 valence electrons. The predicted molar refractivity (Wildman–Crippen MR) is 79.2 cm³/mol. The molecule has 1 aliphatic heterocycles. The second kappa shape index (κ2) is 6.67. The number of nitrogens with one attached hydrogen (secondary N) is 1. The molecule has 0 saturated carbocycles. The summed E-state index contributed by atoms with van der Waals surface area (Å²) in [5.74, 6) is 0.994. The number of anilines is 1. The lowest BCUT2D eigenvalue weighted by Crippen LogP contribution is -2.43. The van der Waals surface area contributed by atoms with E-state index in [1.54, 1.807) is 6.92 Å². The monoisotopic (exact) mass is 302 g/mol. The van der Waals surface area contributed by atoms with Crippen molar-refractivity contribution in [2.24, 2.45) is 0 Å². The molecular weight excluding hydrogens is 284 g/mol. The first-order valence-electron chi connectivity index (χ1n) is 7.19. The van der Waals surface area contributed by atoms with Crippen molar-refractivity contribution in [1.82, 2.24) is 15.0 Å². The van der Waals surface area contributed by atoms with Gasteiger partial charge in [0.05, 0.1) is 19.8 Å². The standard InChI is InChI=1S/C15H18N4O3/c1-11-16-15(22-18-11)13-10-21-8-7-19(13)9-14(20)17-12-5-3-2-4-6-12/h2-6,13H,7-10H2,1H3,(H,17,20)/t13-/m1/s1. The molecule has 22 heavy (non-hydrogen) atoms. The first-order chi connectivity index (χ1) is 10.7. The summed E-state index contributed by atoms with van der Waals surface area (Å²) >= 11 is 0. The van der Waals surface area contributed by atoms with Gasteiger partial charge >= 0.3 is 0 Å². The number of carbonyl (C=O) groups excluding carboxylic acids is 1. The average molecular weight is 302 g/mol. The maximum atomic E-state index is 12.2. The highest BCUT2D eigenvalue weighted by atomic mass is 16.5. The topological polar surface area (TPSA) is 80.5 Å². The summed E-state index contributed by atoms with van der Waals surface area (Å²) in [6.45, 7) is 3.70. The third kappa shape index (κ3) is 3.49. The van der Waals surface area contributed by atoms with Crippen molar-refractivity contribution in [2.45, 2.75) is 13.0 Å². The van der Waals surface area contributed by atoms with E-state index in [-0.39, 0.29) is 18.5 Å². The van der Waals surface area contributed by atoms with Crippen LogP contribution in [0.5, 0.6) is 0 Å². The fraction of sp³-hybridized carbons (Fsp3) is 0.400. The summed E-state index contributed by atoms with van der Waals surface area (Å²) in [4.78, 5) is 18.4. The number of benzene rings is 1. The Hall–Kier alpha value is -2.25. The third-order valence-electron chi connectivity index (χ3n) is 3.47. The first-order valence-corrected chi connectivity index (χ1v) is 7.19. The van der Waals surface area contributed by atoms with Gasteiger partial charge in [-0.25, -0.2) is 0 Å². The minimum atomic E-state index is -0.184. The molecule has 1 aromatic carbocycles. The molecule has 2 heterocycles. The Morgan fingerprint density at radius 1 is 1.41 bits per heavy atom. The van der Waals surface area contributed by atoms with Gasteiger partial charge in [0, 0.05) is 12.2 Å². The second-order valence-electron chi connectivity index (χ2n) is 5.16. The van der Waals surface area contributed by atoms with Gasteiger partial charge in [-0.1, -0.05) is 23.4 Å². The van der Waals surface area contributed by atoms with Crippen LogP contribution in [0, 0.1) is 6.92 Å². The maximum absolute atomic E-state index is 12.2. The van der Waals surface area contributed by atoms with Crippen molar-refractivity contribution in [3.63, 3.8) is 0 Å². The van der Waals surface area contributed by atoms with E-state index in [0.717, 1.165) is 5.69 Å². The van der Waals surface area contributed by atoms with Gasteiger partial charge in [0.15, 0.2) is 5.82 Å². The zero-order valence-corrected chi connectivity index (χ0v) is 12.4. The minimum Gasteiger partial charge on any atom is -0.378 e. The molecular formula is C15H18N4O3. The molecule has 1 fully saturated rings. The van der Waals surface area contributed by atoms with Crippen LogP contribution in [0.15, 0.2) is 34.9 Å². The number of hydrogen-bond acceptors (Lipinski definition) is 6. The highest BCUT2D eigenvalue weighted by Crippen LogP contribution is 2.22. The van der Waals surface area contributed by atoms with Crippen LogP contribution < -0.4 is 5.32 Å². The van der Waals surface area contributed by atoms with Gasteiger partial charge in [0.25, 0.3) is 0 Å². The largest absolute Gasteiger partial charge is 0.378 e. The summed E-state index contributed by atoms with van der Waals surface area (Å²) < 4.78 is 10.7. The van der Waals surface area contributed by atoms with E-state index in [1.165, 1.54) is 0 Å². The highest BCUT2D eigenvalue weighted by molar-refractivity contribution is 5.92. The molecule has 0 aliphatic carbocycles. The molecule has 1 aromatic heterocycles. The predicted octanol–water partition coefficient (Wildman–Crippen LogP) is 1.39. The van der Waals surface area contributed by atoms with Crippen LogP contribution in [-0.2, 0) is 9.53 Å². The first kappa shape index (κ1) is 14.7. The van der Waals surface area contributed by atoms with Crippen LogP contribution in [0.3, 0.4) is 0 Å². The summed E-state index contributed by atoms with van der Waals surface area (Å²) in [6.07, 6.45) is 0. The molecule has 0 bridgehead atoms. The molecule has 7 heteroatoms. The van der Waals surface area contributed by atoms with E-state index in [4.69, 9.17) is 9.26 Å². The van der Waals surface area contributed by atoms with Crippen LogP contribution in [0.4, 0.5) is 5.69 Å². The lowest BCUT2D eigenvalue weighted by molar-refractivity contribution is -0.120. The highest BCUT2D eigenvalue weighted by Gasteiger charge is 2.30. The molecule has 7 nitrogen and oxygen atoms in total. The fourth-order valence-corrected chi connectivity index (χ4v) is 2.41. The normalized spacial score (nSPS) is 19.0. The Morgan fingerprint density at radius 2 is 2.23 bits per heavy atom. The van der Waals surface area contributed by atoms with Crippen LogP contribution in [0.25, 0.3) is 0 Å². The van der Waals surface area contributed by atoms with Gasteiger partial charge in [-0.05, 0) is 19.1 Å². The lowest BCUT2D eigenvalue weighted by Gasteiger charge is -2.32. The lowest BCUT2D eigenvalue weighted by atomic mass is 10.2. The fourth-order valence-electron chi connectivity index (χ4n) is 2.41. The molecule has 3 rings (SSSR count). The molecule has 1 saturated heterocycles. The van der Waals surface area contributed by atoms with Gasteiger partial charge in [-0.3, -0.25) is 9.69 Å². The van der Waals surface area contributed by atoms with Crippen molar-refractivity contribution < 1.29 is 14.1 Å². The number of nitrogens with zero attached hydrogens (tertiary/aromatic N) is 3. The summed E-state index contributed by atoms with van der Waals surface area (Å²) in [6, 6.07) is 9.21. The molecule has 0 unspecified atom stereocenters. The summed E-state index contributed by atoms with van der Waals surface area (Å²) in [5.41, 5.74) is 0.783. The van der Waals surface area contributed by atoms with Gasteiger partial charge in [0.1, 0.15) is 6.04 Å². The Morgan fingerprint density at radius 3 is 2.95 bits per heavy atom. The number of para-hydroxylation sites is 1. The average Bonchev–Trinajstić information content (AvgIpc) is 2.95. The Labute approximate surface area is 128 Å². The number of morpholine rings is 1. The molecule has 0 spiro atoms. The summed E-state index contributed by atoms with van der Waals surface area (Å²) in [5, 5.41) is 6.68. The molecule has 1 atom stereocenters. The van der Waals surface area contributed by atoms with E-state index in [0.29, 0.717) is 31.5 Å². The van der Waals surface area contributed by atoms with Crippen LogP contribution in [0.2, 0.25) is 0 Å². The van der Waals surface area contributed by atoms with E-state index < -0.39 is 0 Å². The Bertz CT molecular complexity index is 629. The quantitative estimate of drug-likeness (QED) is 0.919. The number of carbonyl (C=O) groups is 1. The van der Waals surface area contributed by atoms with Gasteiger partial charge in [-0.2, -0.15) is 4.98 Å². The van der Waals surface area contributed by atoms with Crippen molar-refractivity contribution in [3.05, 3.63) is 42.0 Å². The van der Waals surface area contributed by atoms with Crippen molar-refractivity contribution in [1.29, 1.82) is 0 Å². The Kier molecular flexibility index (Phi) is 4.45. The Balaban J connectivity index is 1.65. The number of hydrogen-bond donors (Lipinski definition) is 1. The van der Waals surface area contributed by atoms with E-state index in [9.17, 15) is 4.79 Å². The van der Waals surface area contributed by atoms with Gasteiger partial charge < -0.3 is 14.6 Å². The summed E-state index contributed by atoms with van der Waals surface area (Å²) in [7, 11) is 0. The zero-order chi connectivity index (χ0) is 15.4. The van der Waals surface area contributed by atoms with Crippen LogP contribution in [0.1, 0.15) is 17.8 Å².